The molecule has 3 N–H and O–H groups in total. The fourth-order valence-electron chi connectivity index (χ4n) is 1.32. The summed E-state index contributed by atoms with van der Waals surface area (Å²) in [6.07, 6.45) is 0. The molecular formula is C12H18N2O4S. The van der Waals surface area contributed by atoms with Gasteiger partial charge in [0.15, 0.2) is 0 Å². The number of amides is 1. The van der Waals surface area contributed by atoms with Crippen molar-refractivity contribution in [2.24, 2.45) is 5.14 Å². The number of nitrogens with two attached hydrogens (primary N) is 1. The molecule has 19 heavy (non-hydrogen) atoms. The van der Waals surface area contributed by atoms with Crippen LogP contribution in [0, 0.1) is 0 Å². The second kappa shape index (κ2) is 5.68. The Hall–Kier alpha value is -1.44. The molecule has 0 unspecified atom stereocenters. The Kier molecular flexibility index (Phi) is 4.67. The van der Waals surface area contributed by atoms with Crippen molar-refractivity contribution < 1.29 is 17.9 Å². The SMILES string of the molecule is COC(C)(C)C(=O)NCc1cccc(S(N)(=O)=O)c1. The van der Waals surface area contributed by atoms with Crippen molar-refractivity contribution in [3.63, 3.8) is 0 Å². The number of carbonyl (C=O) groups is 1. The van der Waals surface area contributed by atoms with Crippen LogP contribution in [0.5, 0.6) is 0 Å². The molecule has 6 nitrogen and oxygen atoms in total. The molecule has 1 aromatic carbocycles. The number of nitrogens with one attached hydrogen (secondary N) is 1. The fourth-order valence-corrected chi connectivity index (χ4v) is 1.90. The Bertz CT molecular complexity index is 567. The van der Waals surface area contributed by atoms with Crippen molar-refractivity contribution in [1.82, 2.24) is 5.32 Å². The van der Waals surface area contributed by atoms with Gasteiger partial charge in [-0.25, -0.2) is 13.6 Å². The molecule has 7 heteroatoms. The largest absolute Gasteiger partial charge is 0.369 e. The summed E-state index contributed by atoms with van der Waals surface area (Å²) >= 11 is 0. The highest BCUT2D eigenvalue weighted by atomic mass is 32.2. The van der Waals surface area contributed by atoms with Gasteiger partial charge in [-0.15, -0.1) is 0 Å². The lowest BCUT2D eigenvalue weighted by Gasteiger charge is -2.21. The third kappa shape index (κ3) is 4.30. The second-order valence-corrected chi connectivity index (χ2v) is 6.15. The number of carbonyl (C=O) groups excluding carboxylic acids is 1. The van der Waals surface area contributed by atoms with E-state index < -0.39 is 15.6 Å². The van der Waals surface area contributed by atoms with E-state index in [-0.39, 0.29) is 17.3 Å². The Morgan fingerprint density at radius 2 is 2.05 bits per heavy atom. The molecule has 1 rings (SSSR count). The normalized spacial score (nSPS) is 12.2. The second-order valence-electron chi connectivity index (χ2n) is 4.59. The van der Waals surface area contributed by atoms with E-state index in [1.165, 1.54) is 19.2 Å². The molecule has 0 fully saturated rings. The van der Waals surface area contributed by atoms with Gasteiger partial charge in [0.05, 0.1) is 4.90 Å². The number of sulfonamides is 1. The Morgan fingerprint density at radius 3 is 2.58 bits per heavy atom. The van der Waals surface area contributed by atoms with Crippen LogP contribution in [0.4, 0.5) is 0 Å². The molecule has 0 saturated heterocycles. The minimum Gasteiger partial charge on any atom is -0.369 e. The van der Waals surface area contributed by atoms with Crippen LogP contribution in [-0.2, 0) is 26.1 Å². The van der Waals surface area contributed by atoms with Crippen molar-refractivity contribution in [2.75, 3.05) is 7.11 Å². The molecule has 0 saturated carbocycles. The molecule has 0 heterocycles. The average Bonchev–Trinajstić information content (AvgIpc) is 2.35. The summed E-state index contributed by atoms with van der Waals surface area (Å²) < 4.78 is 27.4. The number of benzene rings is 1. The van der Waals surface area contributed by atoms with Gasteiger partial charge in [-0.2, -0.15) is 0 Å². The molecule has 1 amide bonds. The summed E-state index contributed by atoms with van der Waals surface area (Å²) in [6.45, 7) is 3.49. The maximum absolute atomic E-state index is 11.8. The van der Waals surface area contributed by atoms with Crippen LogP contribution >= 0.6 is 0 Å². The maximum Gasteiger partial charge on any atom is 0.251 e. The van der Waals surface area contributed by atoms with E-state index >= 15 is 0 Å². The topological polar surface area (TPSA) is 98.5 Å². The zero-order valence-electron chi connectivity index (χ0n) is 11.1. The van der Waals surface area contributed by atoms with Crippen LogP contribution in [0.25, 0.3) is 0 Å². The quantitative estimate of drug-likeness (QED) is 0.817. The molecule has 0 atom stereocenters. The third-order valence-electron chi connectivity index (χ3n) is 2.74. The maximum atomic E-state index is 11.8. The van der Waals surface area contributed by atoms with Crippen LogP contribution in [0.2, 0.25) is 0 Å². The molecular weight excluding hydrogens is 268 g/mol. The first-order valence-corrected chi connectivity index (χ1v) is 7.16. The van der Waals surface area contributed by atoms with E-state index in [0.717, 1.165) is 0 Å². The van der Waals surface area contributed by atoms with Crippen molar-refractivity contribution in [3.8, 4) is 0 Å². The smallest absolute Gasteiger partial charge is 0.251 e. The molecule has 106 valence electrons. The molecule has 0 aliphatic heterocycles. The van der Waals surface area contributed by atoms with Crippen molar-refractivity contribution in [3.05, 3.63) is 29.8 Å². The number of hydrogen-bond acceptors (Lipinski definition) is 4. The van der Waals surface area contributed by atoms with Crippen LogP contribution in [0.1, 0.15) is 19.4 Å². The van der Waals surface area contributed by atoms with Gasteiger partial charge in [0.2, 0.25) is 10.0 Å². The van der Waals surface area contributed by atoms with Gasteiger partial charge in [-0.3, -0.25) is 4.79 Å². The van der Waals surface area contributed by atoms with Gasteiger partial charge in [0.25, 0.3) is 5.91 Å². The number of ether oxygens (including phenoxy) is 1. The molecule has 1 aromatic rings. The molecule has 0 aromatic heterocycles. The van der Waals surface area contributed by atoms with Crippen molar-refractivity contribution in [1.29, 1.82) is 0 Å². The summed E-state index contributed by atoms with van der Waals surface area (Å²) in [5, 5.41) is 7.71. The predicted molar refractivity (Wildman–Crippen MR) is 70.7 cm³/mol. The predicted octanol–water partition coefficient (Wildman–Crippen LogP) is 0.375. The van der Waals surface area contributed by atoms with Gasteiger partial charge < -0.3 is 10.1 Å². The molecule has 0 aliphatic rings. The van der Waals surface area contributed by atoms with Crippen molar-refractivity contribution >= 4 is 15.9 Å². The highest BCUT2D eigenvalue weighted by Crippen LogP contribution is 2.11. The number of primary sulfonamides is 1. The Balaban J connectivity index is 2.77. The molecule has 0 bridgehead atoms. The van der Waals surface area contributed by atoms with Gasteiger partial charge in [0, 0.05) is 13.7 Å². The summed E-state index contributed by atoms with van der Waals surface area (Å²) in [5.74, 6) is -0.281. The monoisotopic (exact) mass is 286 g/mol. The van der Waals surface area contributed by atoms with Crippen LogP contribution in [-0.4, -0.2) is 27.0 Å². The lowest BCUT2D eigenvalue weighted by atomic mass is 10.1. The highest BCUT2D eigenvalue weighted by Gasteiger charge is 2.26. The standard InChI is InChI=1S/C12H18N2O4S/c1-12(2,18-3)11(15)14-8-9-5-4-6-10(7-9)19(13,16)17/h4-7H,8H2,1-3H3,(H,14,15)(H2,13,16,17). The van der Waals surface area contributed by atoms with Gasteiger partial charge >= 0.3 is 0 Å². The van der Waals surface area contributed by atoms with Crippen LogP contribution in [0.3, 0.4) is 0 Å². The molecule has 0 aliphatic carbocycles. The number of hydrogen-bond donors (Lipinski definition) is 2. The fraction of sp³-hybridized carbons (Fsp3) is 0.417. The molecule has 0 spiro atoms. The zero-order valence-corrected chi connectivity index (χ0v) is 12.0. The van der Waals surface area contributed by atoms with E-state index in [2.05, 4.69) is 5.32 Å². The highest BCUT2D eigenvalue weighted by molar-refractivity contribution is 7.89. The van der Waals surface area contributed by atoms with E-state index in [1.54, 1.807) is 26.0 Å². The average molecular weight is 286 g/mol. The van der Waals surface area contributed by atoms with Crippen LogP contribution < -0.4 is 10.5 Å². The van der Waals surface area contributed by atoms with Gasteiger partial charge in [-0.05, 0) is 31.5 Å². The van der Waals surface area contributed by atoms with E-state index in [1.807, 2.05) is 0 Å². The number of rotatable bonds is 5. The Labute approximate surface area is 113 Å². The first-order valence-electron chi connectivity index (χ1n) is 5.62. The van der Waals surface area contributed by atoms with Gasteiger partial charge in [-0.1, -0.05) is 12.1 Å². The first kappa shape index (κ1) is 15.6. The Morgan fingerprint density at radius 1 is 1.42 bits per heavy atom. The molecule has 0 radical (unpaired) electrons. The van der Waals surface area contributed by atoms with E-state index in [0.29, 0.717) is 5.56 Å². The van der Waals surface area contributed by atoms with Crippen molar-refractivity contribution in [2.45, 2.75) is 30.9 Å². The summed E-state index contributed by atoms with van der Waals surface area (Å²) in [5.41, 5.74) is -0.288. The van der Waals surface area contributed by atoms with Crippen LogP contribution in [0.15, 0.2) is 29.2 Å². The minimum atomic E-state index is -3.73. The lowest BCUT2D eigenvalue weighted by molar-refractivity contribution is -0.139. The lowest BCUT2D eigenvalue weighted by Crippen LogP contribution is -2.43. The summed E-state index contributed by atoms with van der Waals surface area (Å²) in [4.78, 5) is 11.8. The van der Waals surface area contributed by atoms with Gasteiger partial charge in [0.1, 0.15) is 5.60 Å². The first-order chi connectivity index (χ1) is 8.66. The van der Waals surface area contributed by atoms with E-state index in [4.69, 9.17) is 9.88 Å². The zero-order chi connectivity index (χ0) is 14.7. The minimum absolute atomic E-state index is 0.0188. The van der Waals surface area contributed by atoms with E-state index in [9.17, 15) is 13.2 Å². The summed E-state index contributed by atoms with van der Waals surface area (Å²) in [6, 6.07) is 6.10. The number of methoxy groups -OCH3 is 1. The summed E-state index contributed by atoms with van der Waals surface area (Å²) in [7, 11) is -2.29. The third-order valence-corrected chi connectivity index (χ3v) is 3.65.